The highest BCUT2D eigenvalue weighted by molar-refractivity contribution is 6.31. The normalized spacial score (nSPS) is 11.0. The minimum atomic E-state index is -0.662. The van der Waals surface area contributed by atoms with E-state index in [1.807, 2.05) is 24.3 Å². The van der Waals surface area contributed by atoms with Crippen LogP contribution in [0.5, 0.6) is 11.5 Å². The predicted octanol–water partition coefficient (Wildman–Crippen LogP) is 4.79. The van der Waals surface area contributed by atoms with Crippen LogP contribution in [0.25, 0.3) is 6.08 Å². The molecule has 0 radical (unpaired) electrons. The first-order valence-electron chi connectivity index (χ1n) is 8.31. The highest BCUT2D eigenvalue weighted by Crippen LogP contribution is 2.30. The number of nitriles is 1. The first-order valence-corrected chi connectivity index (χ1v) is 8.69. The third-order valence-corrected chi connectivity index (χ3v) is 3.89. The molecule has 2 aromatic carbocycles. The summed E-state index contributed by atoms with van der Waals surface area (Å²) in [5, 5.41) is 9.82. The molecule has 0 saturated heterocycles. The zero-order valence-electron chi connectivity index (χ0n) is 15.4. The van der Waals surface area contributed by atoms with Gasteiger partial charge in [0.2, 0.25) is 0 Å². The maximum Gasteiger partial charge on any atom is 0.349 e. The van der Waals surface area contributed by atoms with Gasteiger partial charge in [-0.3, -0.25) is 0 Å². The second-order valence-corrected chi connectivity index (χ2v) is 6.32. The van der Waals surface area contributed by atoms with Gasteiger partial charge in [-0.05, 0) is 43.7 Å². The van der Waals surface area contributed by atoms with Crippen LogP contribution in [0, 0.1) is 11.3 Å². The second kappa shape index (κ2) is 9.65. The molecule has 0 N–H and O–H groups in total. The molecular formula is C21H20ClNO4. The maximum absolute atomic E-state index is 11.9. The Morgan fingerprint density at radius 3 is 2.59 bits per heavy atom. The van der Waals surface area contributed by atoms with Gasteiger partial charge < -0.3 is 14.2 Å². The van der Waals surface area contributed by atoms with Crippen LogP contribution in [0.15, 0.2) is 48.0 Å². The molecule has 0 amide bonds. The van der Waals surface area contributed by atoms with E-state index in [0.29, 0.717) is 22.1 Å². The Kier molecular flexibility index (Phi) is 7.27. The minimum absolute atomic E-state index is 0.0875. The van der Waals surface area contributed by atoms with E-state index in [0.717, 1.165) is 5.56 Å². The van der Waals surface area contributed by atoms with Gasteiger partial charge in [-0.2, -0.15) is 5.26 Å². The van der Waals surface area contributed by atoms with Crippen LogP contribution >= 0.6 is 11.6 Å². The Balaban J connectivity index is 2.20. The molecule has 0 aromatic heterocycles. The Labute approximate surface area is 163 Å². The number of methoxy groups -OCH3 is 1. The molecule has 0 spiro atoms. The molecule has 6 heteroatoms. The Morgan fingerprint density at radius 2 is 1.96 bits per heavy atom. The van der Waals surface area contributed by atoms with E-state index >= 15 is 0 Å². The molecule has 0 saturated carbocycles. The number of benzene rings is 2. The number of nitrogens with zero attached hydrogens (tertiary/aromatic N) is 1. The summed E-state index contributed by atoms with van der Waals surface area (Å²) < 4.78 is 16.2. The summed E-state index contributed by atoms with van der Waals surface area (Å²) in [7, 11) is 1.52. The summed E-state index contributed by atoms with van der Waals surface area (Å²) in [4.78, 5) is 11.9. The molecule has 2 rings (SSSR count). The summed E-state index contributed by atoms with van der Waals surface area (Å²) in [6.07, 6.45) is 1.15. The molecule has 0 unspecified atom stereocenters. The smallest absolute Gasteiger partial charge is 0.349 e. The largest absolute Gasteiger partial charge is 0.493 e. The number of ether oxygens (including phenoxy) is 3. The van der Waals surface area contributed by atoms with Gasteiger partial charge in [-0.25, -0.2) is 4.79 Å². The number of halogens is 1. The molecule has 0 aliphatic carbocycles. The van der Waals surface area contributed by atoms with Crippen LogP contribution in [0.3, 0.4) is 0 Å². The van der Waals surface area contributed by atoms with Crippen molar-refractivity contribution in [3.63, 3.8) is 0 Å². The molecule has 0 aliphatic heterocycles. The lowest BCUT2D eigenvalue weighted by molar-refractivity contribution is -0.142. The quantitative estimate of drug-likeness (QED) is 0.389. The molecule has 5 nitrogen and oxygen atoms in total. The fourth-order valence-electron chi connectivity index (χ4n) is 2.25. The molecular weight excluding hydrogens is 366 g/mol. The lowest BCUT2D eigenvalue weighted by Crippen LogP contribution is -2.12. The van der Waals surface area contributed by atoms with Crippen molar-refractivity contribution in [2.24, 2.45) is 0 Å². The maximum atomic E-state index is 11.9. The van der Waals surface area contributed by atoms with Gasteiger partial charge in [-0.1, -0.05) is 35.9 Å². The number of carbonyl (C=O) groups is 1. The summed E-state index contributed by atoms with van der Waals surface area (Å²) >= 11 is 6.13. The van der Waals surface area contributed by atoms with Crippen LogP contribution in [-0.4, -0.2) is 19.2 Å². The standard InChI is InChI=1S/C21H20ClNO4/c1-14(2)27-21(24)17(12-23)10-15-8-9-19(20(11-15)25-3)26-13-16-6-4-5-7-18(16)22/h4-11,14H,13H2,1-3H3/b17-10-. The number of hydrogen-bond acceptors (Lipinski definition) is 5. The Bertz CT molecular complexity index is 884. The molecule has 0 fully saturated rings. The molecule has 140 valence electrons. The Morgan fingerprint density at radius 1 is 1.22 bits per heavy atom. The second-order valence-electron chi connectivity index (χ2n) is 5.91. The third-order valence-electron chi connectivity index (χ3n) is 3.52. The topological polar surface area (TPSA) is 68.5 Å². The lowest BCUT2D eigenvalue weighted by atomic mass is 10.1. The SMILES string of the molecule is COc1cc(/C=C(/C#N)C(=O)OC(C)C)ccc1OCc1ccccc1Cl. The first-order chi connectivity index (χ1) is 12.9. The fraction of sp³-hybridized carbons (Fsp3) is 0.238. The van der Waals surface area contributed by atoms with Gasteiger partial charge in [-0.15, -0.1) is 0 Å². The van der Waals surface area contributed by atoms with Crippen LogP contribution in [0.1, 0.15) is 25.0 Å². The number of carbonyl (C=O) groups excluding carboxylic acids is 1. The highest BCUT2D eigenvalue weighted by atomic mass is 35.5. The van der Waals surface area contributed by atoms with E-state index in [1.54, 1.807) is 38.1 Å². The summed E-state index contributed by atoms with van der Waals surface area (Å²) in [6, 6.07) is 14.4. The van der Waals surface area contributed by atoms with Crippen molar-refractivity contribution in [3.05, 3.63) is 64.2 Å². The van der Waals surface area contributed by atoms with E-state index in [2.05, 4.69) is 0 Å². The van der Waals surface area contributed by atoms with Crippen molar-refractivity contribution in [1.82, 2.24) is 0 Å². The molecule has 27 heavy (non-hydrogen) atoms. The number of rotatable bonds is 7. The van der Waals surface area contributed by atoms with E-state index in [9.17, 15) is 10.1 Å². The molecule has 0 aliphatic rings. The van der Waals surface area contributed by atoms with Crippen molar-refractivity contribution in [3.8, 4) is 17.6 Å². The van der Waals surface area contributed by atoms with Crippen molar-refractivity contribution in [1.29, 1.82) is 5.26 Å². The van der Waals surface area contributed by atoms with Gasteiger partial charge in [0.05, 0.1) is 13.2 Å². The lowest BCUT2D eigenvalue weighted by Gasteiger charge is -2.12. The van der Waals surface area contributed by atoms with E-state index in [1.165, 1.54) is 13.2 Å². The Hall–Kier alpha value is -2.97. The molecule has 2 aromatic rings. The minimum Gasteiger partial charge on any atom is -0.493 e. The summed E-state index contributed by atoms with van der Waals surface area (Å²) in [5.74, 6) is 0.341. The number of hydrogen-bond donors (Lipinski definition) is 0. The number of esters is 1. The van der Waals surface area contributed by atoms with Gasteiger partial charge in [0, 0.05) is 10.6 Å². The first kappa shape index (κ1) is 20.3. The zero-order valence-corrected chi connectivity index (χ0v) is 16.1. The van der Waals surface area contributed by atoms with E-state index in [-0.39, 0.29) is 18.3 Å². The highest BCUT2D eigenvalue weighted by Gasteiger charge is 2.13. The van der Waals surface area contributed by atoms with Crippen LogP contribution in [0.4, 0.5) is 0 Å². The van der Waals surface area contributed by atoms with Crippen molar-refractivity contribution >= 4 is 23.6 Å². The van der Waals surface area contributed by atoms with Crippen molar-refractivity contribution in [2.75, 3.05) is 7.11 Å². The molecule has 0 atom stereocenters. The molecule has 0 heterocycles. The van der Waals surface area contributed by atoms with Crippen LogP contribution in [0.2, 0.25) is 5.02 Å². The van der Waals surface area contributed by atoms with Crippen LogP contribution < -0.4 is 9.47 Å². The average Bonchev–Trinajstić information content (AvgIpc) is 2.65. The third kappa shape index (κ3) is 5.77. The predicted molar refractivity (Wildman–Crippen MR) is 104 cm³/mol. The monoisotopic (exact) mass is 385 g/mol. The fourth-order valence-corrected chi connectivity index (χ4v) is 2.44. The average molecular weight is 386 g/mol. The summed E-state index contributed by atoms with van der Waals surface area (Å²) in [5.41, 5.74) is 1.39. The van der Waals surface area contributed by atoms with Gasteiger partial charge in [0.1, 0.15) is 18.2 Å². The van der Waals surface area contributed by atoms with E-state index in [4.69, 9.17) is 25.8 Å². The van der Waals surface area contributed by atoms with E-state index < -0.39 is 5.97 Å². The van der Waals surface area contributed by atoms with Crippen molar-refractivity contribution < 1.29 is 19.0 Å². The van der Waals surface area contributed by atoms with Gasteiger partial charge in [0.25, 0.3) is 0 Å². The van der Waals surface area contributed by atoms with Gasteiger partial charge in [0.15, 0.2) is 11.5 Å². The summed E-state index contributed by atoms with van der Waals surface area (Å²) in [6.45, 7) is 3.73. The van der Waals surface area contributed by atoms with Gasteiger partial charge >= 0.3 is 5.97 Å². The molecule has 0 bridgehead atoms. The van der Waals surface area contributed by atoms with Crippen LogP contribution in [-0.2, 0) is 16.1 Å². The van der Waals surface area contributed by atoms with Crippen molar-refractivity contribution in [2.45, 2.75) is 26.6 Å². The zero-order chi connectivity index (χ0) is 19.8.